The summed E-state index contributed by atoms with van der Waals surface area (Å²) in [7, 11) is 0. The Morgan fingerprint density at radius 3 is 2.78 bits per heavy atom. The minimum Gasteiger partial charge on any atom is -0.382 e. The lowest BCUT2D eigenvalue weighted by atomic mass is 10.1. The fraction of sp³-hybridized carbons (Fsp3) is 0.0435. The average Bonchev–Trinajstić information content (AvgIpc) is 3.09. The molecule has 4 heteroatoms. The molecule has 3 aromatic heterocycles. The van der Waals surface area contributed by atoms with Crippen LogP contribution in [0.2, 0.25) is 0 Å². The van der Waals surface area contributed by atoms with Gasteiger partial charge in [-0.3, -0.25) is 4.98 Å². The molecule has 0 spiro atoms. The largest absolute Gasteiger partial charge is 0.382 e. The van der Waals surface area contributed by atoms with Gasteiger partial charge in [-0.05, 0) is 30.7 Å². The second-order valence-electron chi connectivity index (χ2n) is 6.64. The molecule has 0 aliphatic rings. The van der Waals surface area contributed by atoms with Gasteiger partial charge in [0, 0.05) is 39.6 Å². The zero-order valence-corrected chi connectivity index (χ0v) is 14.7. The van der Waals surface area contributed by atoms with Gasteiger partial charge < -0.3 is 10.7 Å². The van der Waals surface area contributed by atoms with E-state index in [0.717, 1.165) is 43.9 Å². The van der Waals surface area contributed by atoms with E-state index < -0.39 is 0 Å². The number of nitrogens with two attached hydrogens (primary N) is 1. The number of pyridine rings is 2. The highest BCUT2D eigenvalue weighted by Gasteiger charge is 2.08. The molecule has 0 radical (unpaired) electrons. The lowest BCUT2D eigenvalue weighted by Gasteiger charge is -2.07. The van der Waals surface area contributed by atoms with Crippen LogP contribution in [0.1, 0.15) is 16.7 Å². The van der Waals surface area contributed by atoms with Crippen LogP contribution in [0.15, 0.2) is 60.9 Å². The van der Waals surface area contributed by atoms with Crippen LogP contribution < -0.4 is 5.73 Å². The predicted octanol–water partition coefficient (Wildman–Crippen LogP) is 4.55. The summed E-state index contributed by atoms with van der Waals surface area (Å²) in [6.45, 7) is 2.04. The molecule has 0 aliphatic carbocycles. The summed E-state index contributed by atoms with van der Waals surface area (Å²) in [4.78, 5) is 12.3. The zero-order chi connectivity index (χ0) is 18.4. The Balaban J connectivity index is 1.68. The molecule has 3 heterocycles. The molecule has 5 rings (SSSR count). The van der Waals surface area contributed by atoms with Gasteiger partial charge in [0.25, 0.3) is 0 Å². The van der Waals surface area contributed by atoms with Crippen LogP contribution in [0.5, 0.6) is 0 Å². The lowest BCUT2D eigenvalue weighted by Crippen LogP contribution is -1.96. The van der Waals surface area contributed by atoms with Crippen molar-refractivity contribution < 1.29 is 0 Å². The third-order valence-electron chi connectivity index (χ3n) is 4.75. The van der Waals surface area contributed by atoms with Gasteiger partial charge in [0.05, 0.1) is 11.1 Å². The van der Waals surface area contributed by atoms with Gasteiger partial charge in [0.15, 0.2) is 5.82 Å². The number of anilines is 1. The molecule has 27 heavy (non-hydrogen) atoms. The molecular weight excluding hydrogens is 332 g/mol. The summed E-state index contributed by atoms with van der Waals surface area (Å²) in [6, 6.07) is 16.4. The van der Waals surface area contributed by atoms with Crippen LogP contribution in [-0.4, -0.2) is 15.0 Å². The van der Waals surface area contributed by atoms with Crippen LogP contribution >= 0.6 is 0 Å². The molecule has 2 aromatic carbocycles. The van der Waals surface area contributed by atoms with E-state index in [1.54, 1.807) is 6.20 Å². The molecule has 0 atom stereocenters. The smallest absolute Gasteiger partial charge is 0.150 e. The summed E-state index contributed by atoms with van der Waals surface area (Å²) < 4.78 is 0. The number of aromatic nitrogens is 3. The lowest BCUT2D eigenvalue weighted by molar-refractivity contribution is 1.34. The number of benzene rings is 2. The maximum atomic E-state index is 6.12. The summed E-state index contributed by atoms with van der Waals surface area (Å²) >= 11 is 0. The minimum atomic E-state index is 0.444. The van der Waals surface area contributed by atoms with Crippen molar-refractivity contribution in [3.05, 3.63) is 77.6 Å². The second kappa shape index (κ2) is 5.86. The highest BCUT2D eigenvalue weighted by atomic mass is 14.9. The van der Waals surface area contributed by atoms with Gasteiger partial charge in [-0.1, -0.05) is 42.2 Å². The van der Waals surface area contributed by atoms with E-state index >= 15 is 0 Å². The van der Waals surface area contributed by atoms with E-state index in [0.29, 0.717) is 11.3 Å². The Morgan fingerprint density at radius 1 is 0.963 bits per heavy atom. The first-order valence-electron chi connectivity index (χ1n) is 8.73. The number of aromatic amines is 1. The Morgan fingerprint density at radius 2 is 1.85 bits per heavy atom. The standard InChI is InChI=1S/C23H16N4/c1-14-6-9-18-19-11-15(12-26-22(19)23(24)27-21(18)10-14)7-8-16-13-25-20-5-3-2-4-17(16)20/h2-6,9-13,25H,1H3,(H2,24,27). The Bertz CT molecular complexity index is 1400. The monoisotopic (exact) mass is 348 g/mol. The normalized spacial score (nSPS) is 11.0. The number of nitrogens with one attached hydrogen (secondary N) is 1. The fourth-order valence-corrected chi connectivity index (χ4v) is 3.40. The summed E-state index contributed by atoms with van der Waals surface area (Å²) in [5.41, 5.74) is 11.8. The summed E-state index contributed by atoms with van der Waals surface area (Å²) in [5.74, 6) is 6.93. The van der Waals surface area contributed by atoms with Crippen LogP contribution in [-0.2, 0) is 0 Å². The van der Waals surface area contributed by atoms with E-state index in [1.165, 1.54) is 0 Å². The molecule has 5 aromatic rings. The second-order valence-corrected chi connectivity index (χ2v) is 6.64. The first-order chi connectivity index (χ1) is 13.2. The first kappa shape index (κ1) is 15.4. The number of rotatable bonds is 0. The molecular formula is C23H16N4. The van der Waals surface area contributed by atoms with Crippen molar-refractivity contribution in [2.24, 2.45) is 0 Å². The van der Waals surface area contributed by atoms with Gasteiger partial charge in [0.2, 0.25) is 0 Å². The van der Waals surface area contributed by atoms with Gasteiger partial charge in [-0.2, -0.15) is 0 Å². The number of para-hydroxylation sites is 1. The molecule has 4 nitrogen and oxygen atoms in total. The van der Waals surface area contributed by atoms with Crippen LogP contribution in [0.3, 0.4) is 0 Å². The van der Waals surface area contributed by atoms with E-state index in [-0.39, 0.29) is 0 Å². The van der Waals surface area contributed by atoms with Crippen molar-refractivity contribution in [1.82, 2.24) is 15.0 Å². The Kier molecular flexibility index (Phi) is 3.34. The van der Waals surface area contributed by atoms with Crippen molar-refractivity contribution >= 4 is 38.5 Å². The van der Waals surface area contributed by atoms with Gasteiger partial charge >= 0.3 is 0 Å². The van der Waals surface area contributed by atoms with Crippen LogP contribution in [0.4, 0.5) is 5.82 Å². The number of hydrogen-bond donors (Lipinski definition) is 2. The zero-order valence-electron chi connectivity index (χ0n) is 14.7. The third kappa shape index (κ3) is 2.57. The molecule has 128 valence electrons. The van der Waals surface area contributed by atoms with Gasteiger partial charge in [-0.25, -0.2) is 4.98 Å². The Hall–Kier alpha value is -3.84. The number of H-pyrrole nitrogens is 1. The predicted molar refractivity (Wildman–Crippen MR) is 110 cm³/mol. The quantitative estimate of drug-likeness (QED) is 0.318. The van der Waals surface area contributed by atoms with E-state index in [9.17, 15) is 0 Å². The molecule has 0 saturated heterocycles. The van der Waals surface area contributed by atoms with Crippen molar-refractivity contribution in [2.45, 2.75) is 6.92 Å². The molecule has 0 aliphatic heterocycles. The molecule has 0 unspecified atom stereocenters. The van der Waals surface area contributed by atoms with Crippen LogP contribution in [0.25, 0.3) is 32.7 Å². The maximum absolute atomic E-state index is 6.12. The number of nitrogens with zero attached hydrogens (tertiary/aromatic N) is 2. The average molecular weight is 348 g/mol. The molecule has 0 amide bonds. The van der Waals surface area contributed by atoms with Crippen molar-refractivity contribution in [3.63, 3.8) is 0 Å². The highest BCUT2D eigenvalue weighted by Crippen LogP contribution is 2.27. The Labute approximate surface area is 156 Å². The number of fused-ring (bicyclic) bond motifs is 4. The van der Waals surface area contributed by atoms with Gasteiger partial charge in [-0.15, -0.1) is 0 Å². The van der Waals surface area contributed by atoms with Crippen molar-refractivity contribution in [3.8, 4) is 11.8 Å². The molecule has 0 bridgehead atoms. The van der Waals surface area contributed by atoms with Crippen molar-refractivity contribution in [2.75, 3.05) is 5.73 Å². The van der Waals surface area contributed by atoms with E-state index in [4.69, 9.17) is 5.73 Å². The maximum Gasteiger partial charge on any atom is 0.150 e. The van der Waals surface area contributed by atoms with E-state index in [2.05, 4.69) is 45.0 Å². The molecule has 3 N–H and O–H groups in total. The van der Waals surface area contributed by atoms with Crippen LogP contribution in [0, 0.1) is 18.8 Å². The van der Waals surface area contributed by atoms with Gasteiger partial charge in [0.1, 0.15) is 5.52 Å². The fourth-order valence-electron chi connectivity index (χ4n) is 3.40. The third-order valence-corrected chi connectivity index (χ3v) is 4.75. The summed E-state index contributed by atoms with van der Waals surface area (Å²) in [6.07, 6.45) is 3.69. The molecule has 0 fully saturated rings. The minimum absolute atomic E-state index is 0.444. The first-order valence-corrected chi connectivity index (χ1v) is 8.73. The molecule has 0 saturated carbocycles. The summed E-state index contributed by atoms with van der Waals surface area (Å²) in [5, 5.41) is 3.13. The highest BCUT2D eigenvalue weighted by molar-refractivity contribution is 6.08. The van der Waals surface area contributed by atoms with Crippen molar-refractivity contribution in [1.29, 1.82) is 0 Å². The number of aryl methyl sites for hydroxylation is 1. The number of hydrogen-bond acceptors (Lipinski definition) is 3. The SMILES string of the molecule is Cc1ccc2c(c1)nc(N)c1ncc(C#Cc3c[nH]c4ccccc34)cc12. The topological polar surface area (TPSA) is 67.6 Å². The number of nitrogen functional groups attached to an aromatic ring is 1. The van der Waals surface area contributed by atoms with E-state index in [1.807, 2.05) is 43.5 Å².